The van der Waals surface area contributed by atoms with Crippen LogP contribution in [0.5, 0.6) is 0 Å². The Labute approximate surface area is 187 Å². The summed E-state index contributed by atoms with van der Waals surface area (Å²) in [5.41, 5.74) is 3.59. The lowest BCUT2D eigenvalue weighted by Crippen LogP contribution is -2.42. The summed E-state index contributed by atoms with van der Waals surface area (Å²) in [6.07, 6.45) is 3.41. The first-order valence-corrected chi connectivity index (χ1v) is 10.9. The van der Waals surface area contributed by atoms with Crippen molar-refractivity contribution in [2.24, 2.45) is 0 Å². The summed E-state index contributed by atoms with van der Waals surface area (Å²) in [5.74, 6) is 0.624. The number of amides is 1. The topological polar surface area (TPSA) is 67.4 Å². The van der Waals surface area contributed by atoms with Gasteiger partial charge in [-0.1, -0.05) is 18.2 Å². The lowest BCUT2D eigenvalue weighted by molar-refractivity contribution is -0.139. The molecule has 0 aliphatic carbocycles. The highest BCUT2D eigenvalue weighted by molar-refractivity contribution is 5.76. The molecule has 1 fully saturated rings. The molecule has 3 heterocycles. The molecule has 166 valence electrons. The number of ether oxygens (including phenoxy) is 1. The Hall–Kier alpha value is -3.32. The van der Waals surface area contributed by atoms with Gasteiger partial charge in [-0.25, -0.2) is 9.37 Å². The molecule has 1 unspecified atom stereocenters. The van der Waals surface area contributed by atoms with Crippen LogP contribution in [-0.2, 0) is 16.0 Å². The van der Waals surface area contributed by atoms with Crippen molar-refractivity contribution in [3.63, 3.8) is 0 Å². The van der Waals surface area contributed by atoms with Gasteiger partial charge in [0.1, 0.15) is 17.7 Å². The molecule has 3 aromatic rings. The average Bonchev–Trinajstić information content (AvgIpc) is 2.81. The molecule has 0 bridgehead atoms. The smallest absolute Gasteiger partial charge is 0.222 e. The Morgan fingerprint density at radius 1 is 1.22 bits per heavy atom. The number of rotatable bonds is 7. The minimum absolute atomic E-state index is 0.111. The molecule has 1 aliphatic rings. The number of aryl methyl sites for hydroxylation is 2. The fourth-order valence-corrected chi connectivity index (χ4v) is 3.82. The lowest BCUT2D eigenvalue weighted by Gasteiger charge is -2.33. The van der Waals surface area contributed by atoms with E-state index in [1.54, 1.807) is 18.3 Å². The van der Waals surface area contributed by atoms with Crippen LogP contribution in [0.3, 0.4) is 0 Å². The van der Waals surface area contributed by atoms with Gasteiger partial charge in [-0.05, 0) is 61.7 Å². The van der Waals surface area contributed by atoms with Gasteiger partial charge in [0.05, 0.1) is 18.8 Å². The van der Waals surface area contributed by atoms with E-state index in [4.69, 9.17) is 4.74 Å². The standard InChI is InChI=1S/C25H27FN4O2/c1-18-15-21(29-24-6-2-3-12-27-24)16-22(28-18)23-17-30(13-14-32-23)25(31)7-4-5-19-8-10-20(26)11-9-19/h2-3,6,8-12,15-16,23H,4-5,7,13-14,17H2,1H3,(H,27,28,29). The molecule has 1 saturated heterocycles. The quantitative estimate of drug-likeness (QED) is 0.589. The Morgan fingerprint density at radius 2 is 2.06 bits per heavy atom. The Balaban J connectivity index is 1.35. The zero-order valence-corrected chi connectivity index (χ0v) is 18.1. The minimum Gasteiger partial charge on any atom is -0.368 e. The number of pyridine rings is 2. The largest absolute Gasteiger partial charge is 0.368 e. The van der Waals surface area contributed by atoms with Crippen molar-refractivity contribution < 1.29 is 13.9 Å². The van der Waals surface area contributed by atoms with E-state index in [1.165, 1.54) is 12.1 Å². The molecule has 7 heteroatoms. The molecule has 0 radical (unpaired) electrons. The molecule has 1 amide bonds. The summed E-state index contributed by atoms with van der Waals surface area (Å²) in [5, 5.41) is 3.29. The molecule has 1 aromatic carbocycles. The van der Waals surface area contributed by atoms with Gasteiger partial charge in [0.15, 0.2) is 0 Å². The number of anilines is 2. The number of aromatic nitrogens is 2. The third-order valence-corrected chi connectivity index (χ3v) is 5.43. The summed E-state index contributed by atoms with van der Waals surface area (Å²) in [6.45, 7) is 3.48. The number of morpholine rings is 1. The van der Waals surface area contributed by atoms with Gasteiger partial charge in [-0.2, -0.15) is 0 Å². The van der Waals surface area contributed by atoms with Crippen molar-refractivity contribution in [1.82, 2.24) is 14.9 Å². The van der Waals surface area contributed by atoms with Gasteiger partial charge in [-0.3, -0.25) is 9.78 Å². The molecule has 4 rings (SSSR count). The maximum absolute atomic E-state index is 13.0. The van der Waals surface area contributed by atoms with E-state index in [9.17, 15) is 9.18 Å². The van der Waals surface area contributed by atoms with Crippen molar-refractivity contribution in [1.29, 1.82) is 0 Å². The van der Waals surface area contributed by atoms with E-state index in [0.717, 1.165) is 41.3 Å². The molecule has 1 atom stereocenters. The lowest BCUT2D eigenvalue weighted by atomic mass is 10.1. The fraction of sp³-hybridized carbons (Fsp3) is 0.320. The number of hydrogen-bond acceptors (Lipinski definition) is 5. The number of benzene rings is 1. The molecule has 1 N–H and O–H groups in total. The van der Waals surface area contributed by atoms with Crippen LogP contribution in [0.2, 0.25) is 0 Å². The highest BCUT2D eigenvalue weighted by Gasteiger charge is 2.26. The minimum atomic E-state index is -0.269. The van der Waals surface area contributed by atoms with Crippen LogP contribution in [-0.4, -0.2) is 40.5 Å². The fourth-order valence-electron chi connectivity index (χ4n) is 3.82. The van der Waals surface area contributed by atoms with Crippen LogP contribution in [0.1, 0.15) is 35.9 Å². The number of carbonyl (C=O) groups excluding carboxylic acids is 1. The Bertz CT molecular complexity index is 1040. The van der Waals surface area contributed by atoms with Gasteiger partial charge in [0.25, 0.3) is 0 Å². The van der Waals surface area contributed by atoms with Gasteiger partial charge in [-0.15, -0.1) is 0 Å². The van der Waals surface area contributed by atoms with E-state index >= 15 is 0 Å². The second-order valence-corrected chi connectivity index (χ2v) is 7.94. The average molecular weight is 435 g/mol. The first-order valence-electron chi connectivity index (χ1n) is 10.9. The normalized spacial score (nSPS) is 16.1. The predicted molar refractivity (Wildman–Crippen MR) is 121 cm³/mol. The van der Waals surface area contributed by atoms with Crippen LogP contribution < -0.4 is 5.32 Å². The van der Waals surface area contributed by atoms with Crippen molar-refractivity contribution in [2.45, 2.75) is 32.3 Å². The first-order chi connectivity index (χ1) is 15.6. The van der Waals surface area contributed by atoms with Crippen molar-refractivity contribution in [3.8, 4) is 0 Å². The van der Waals surface area contributed by atoms with Crippen LogP contribution in [0.25, 0.3) is 0 Å². The van der Waals surface area contributed by atoms with E-state index in [2.05, 4.69) is 15.3 Å². The third-order valence-electron chi connectivity index (χ3n) is 5.43. The van der Waals surface area contributed by atoms with Crippen LogP contribution in [0, 0.1) is 12.7 Å². The van der Waals surface area contributed by atoms with E-state index in [-0.39, 0.29) is 17.8 Å². The summed E-state index contributed by atoms with van der Waals surface area (Å²) in [4.78, 5) is 23.6. The maximum Gasteiger partial charge on any atom is 0.222 e. The number of hydrogen-bond donors (Lipinski definition) is 1. The van der Waals surface area contributed by atoms with Gasteiger partial charge >= 0.3 is 0 Å². The van der Waals surface area contributed by atoms with Crippen molar-refractivity contribution in [3.05, 3.63) is 83.6 Å². The highest BCUT2D eigenvalue weighted by Crippen LogP contribution is 2.25. The van der Waals surface area contributed by atoms with E-state index in [0.29, 0.717) is 26.1 Å². The third kappa shape index (κ3) is 5.88. The molecule has 0 spiro atoms. The van der Waals surface area contributed by atoms with Gasteiger partial charge < -0.3 is 15.0 Å². The molecule has 1 aliphatic heterocycles. The van der Waals surface area contributed by atoms with Gasteiger partial charge in [0.2, 0.25) is 5.91 Å². The Morgan fingerprint density at radius 3 is 2.84 bits per heavy atom. The summed E-state index contributed by atoms with van der Waals surface area (Å²) in [7, 11) is 0. The van der Waals surface area contributed by atoms with Crippen molar-refractivity contribution >= 4 is 17.4 Å². The monoisotopic (exact) mass is 434 g/mol. The Kier molecular flexibility index (Phi) is 7.07. The predicted octanol–water partition coefficient (Wildman–Crippen LogP) is 4.59. The van der Waals surface area contributed by atoms with Gasteiger partial charge in [0, 0.05) is 30.5 Å². The van der Waals surface area contributed by atoms with Crippen LogP contribution in [0.4, 0.5) is 15.9 Å². The van der Waals surface area contributed by atoms with E-state index < -0.39 is 0 Å². The second-order valence-electron chi connectivity index (χ2n) is 7.94. The molecule has 32 heavy (non-hydrogen) atoms. The first kappa shape index (κ1) is 21.9. The maximum atomic E-state index is 13.0. The zero-order valence-electron chi connectivity index (χ0n) is 18.1. The van der Waals surface area contributed by atoms with Crippen LogP contribution >= 0.6 is 0 Å². The van der Waals surface area contributed by atoms with Crippen molar-refractivity contribution in [2.75, 3.05) is 25.0 Å². The summed E-state index contributed by atoms with van der Waals surface area (Å²) in [6, 6.07) is 16.1. The number of carbonyl (C=O) groups is 1. The zero-order chi connectivity index (χ0) is 22.3. The number of nitrogens with zero attached hydrogens (tertiary/aromatic N) is 3. The summed E-state index contributed by atoms with van der Waals surface area (Å²) >= 11 is 0. The van der Waals surface area contributed by atoms with Crippen LogP contribution in [0.15, 0.2) is 60.8 Å². The molecule has 6 nitrogen and oxygen atoms in total. The molecular formula is C25H27FN4O2. The molecule has 0 saturated carbocycles. The SMILES string of the molecule is Cc1cc(Nc2ccccn2)cc(C2CN(C(=O)CCCc3ccc(F)cc3)CCO2)n1. The molecular weight excluding hydrogens is 407 g/mol. The molecule has 2 aromatic heterocycles. The summed E-state index contributed by atoms with van der Waals surface area (Å²) < 4.78 is 19.0. The number of halogens is 1. The second kappa shape index (κ2) is 10.3. The van der Waals surface area contributed by atoms with E-state index in [1.807, 2.05) is 42.2 Å². The number of nitrogens with one attached hydrogen (secondary N) is 1. The highest BCUT2D eigenvalue weighted by atomic mass is 19.1.